The highest BCUT2D eigenvalue weighted by Crippen LogP contribution is 2.42. The number of fused-ring (bicyclic) bond motifs is 1. The Morgan fingerprint density at radius 2 is 2.00 bits per heavy atom. The lowest BCUT2D eigenvalue weighted by atomic mass is 9.83. The second-order valence-corrected chi connectivity index (χ2v) is 12.3. The smallest absolute Gasteiger partial charge is 0.256 e. The van der Waals surface area contributed by atoms with E-state index in [9.17, 15) is 18.3 Å². The van der Waals surface area contributed by atoms with Gasteiger partial charge in [0, 0.05) is 47.4 Å². The van der Waals surface area contributed by atoms with Crippen molar-refractivity contribution in [1.29, 1.82) is 0 Å². The zero-order chi connectivity index (χ0) is 26.3. The summed E-state index contributed by atoms with van der Waals surface area (Å²) >= 11 is 0. The van der Waals surface area contributed by atoms with Crippen molar-refractivity contribution in [3.05, 3.63) is 52.1 Å². The lowest BCUT2D eigenvalue weighted by molar-refractivity contribution is 0.276. The van der Waals surface area contributed by atoms with E-state index in [1.165, 1.54) is 6.26 Å². The molecule has 4 rings (SSSR count). The third-order valence-corrected chi connectivity index (χ3v) is 7.33. The summed E-state index contributed by atoms with van der Waals surface area (Å²) in [6, 6.07) is 7.43. The van der Waals surface area contributed by atoms with Gasteiger partial charge in [0.1, 0.15) is 5.75 Å². The summed E-state index contributed by atoms with van der Waals surface area (Å²) < 4.78 is 31.5. The lowest BCUT2D eigenvalue weighted by Crippen LogP contribution is -2.30. The minimum Gasteiger partial charge on any atom is -0.496 e. The molecule has 0 radical (unpaired) electrons. The van der Waals surface area contributed by atoms with Gasteiger partial charge in [0.05, 0.1) is 37.4 Å². The van der Waals surface area contributed by atoms with Crippen LogP contribution in [-0.4, -0.2) is 56.5 Å². The van der Waals surface area contributed by atoms with E-state index in [4.69, 9.17) is 9.72 Å². The first-order valence-electron chi connectivity index (χ1n) is 12.0. The Labute approximate surface area is 211 Å². The van der Waals surface area contributed by atoms with Gasteiger partial charge in [-0.15, -0.1) is 0 Å². The molecule has 0 aliphatic carbocycles. The monoisotopic (exact) mass is 514 g/mol. The average Bonchev–Trinajstić information content (AvgIpc) is 3.29. The number of methoxy groups -OCH3 is 1. The molecule has 0 unspecified atom stereocenters. The number of nitrogens with one attached hydrogen (secondary N) is 2. The molecule has 1 fully saturated rings. The number of anilines is 1. The molecule has 1 atom stereocenters. The van der Waals surface area contributed by atoms with Gasteiger partial charge in [-0.25, -0.2) is 13.1 Å². The van der Waals surface area contributed by atoms with Crippen molar-refractivity contribution in [2.45, 2.75) is 39.2 Å². The van der Waals surface area contributed by atoms with Crippen LogP contribution in [0.2, 0.25) is 0 Å². The Hall–Kier alpha value is -2.95. The summed E-state index contributed by atoms with van der Waals surface area (Å²) in [7, 11) is -1.59. The van der Waals surface area contributed by atoms with Crippen LogP contribution in [0.4, 0.5) is 5.69 Å². The number of sulfonamides is 1. The van der Waals surface area contributed by atoms with Crippen LogP contribution in [0.1, 0.15) is 38.4 Å². The van der Waals surface area contributed by atoms with Gasteiger partial charge in [-0.3, -0.25) is 9.78 Å². The summed E-state index contributed by atoms with van der Waals surface area (Å²) in [4.78, 5) is 22.7. The highest BCUT2D eigenvalue weighted by molar-refractivity contribution is 7.88. The molecule has 9 nitrogen and oxygen atoms in total. The number of ether oxygens (including phenoxy) is 1. The maximum Gasteiger partial charge on any atom is 0.256 e. The van der Waals surface area contributed by atoms with Crippen LogP contribution in [-0.2, 0) is 22.0 Å². The summed E-state index contributed by atoms with van der Waals surface area (Å²) in [5.74, 6) is 0.922. The van der Waals surface area contributed by atoms with E-state index in [0.29, 0.717) is 41.2 Å². The molecular formula is C26H34N4O5S. The molecule has 194 valence electrons. The molecule has 0 amide bonds. The van der Waals surface area contributed by atoms with Gasteiger partial charge in [0.25, 0.3) is 5.56 Å². The molecule has 0 saturated carbocycles. The molecule has 0 spiro atoms. The summed E-state index contributed by atoms with van der Waals surface area (Å²) in [6.07, 6.45) is 3.84. The predicted octanol–water partition coefficient (Wildman–Crippen LogP) is 2.76. The molecule has 10 heteroatoms. The standard InChI is InChI=1S/C26H34N4O5S/c1-26(2,3)22-11-20(19-7-6-17(15-31)29-25(19)32)23-21(24(22)35-4)10-18(13-27-23)30-9-8-16(14-30)12-28-36(5,33)34/h6-7,10-11,13,16,28,31H,8-9,12,14-15H2,1-5H3,(H,29,32)/t16-/m1/s1. The van der Waals surface area contributed by atoms with Crippen molar-refractivity contribution in [3.63, 3.8) is 0 Å². The number of benzene rings is 1. The van der Waals surface area contributed by atoms with E-state index in [2.05, 4.69) is 35.4 Å². The van der Waals surface area contributed by atoms with Crippen molar-refractivity contribution in [2.75, 3.05) is 37.9 Å². The quantitative estimate of drug-likeness (QED) is 0.443. The molecule has 0 bridgehead atoms. The fourth-order valence-electron chi connectivity index (χ4n) is 4.74. The number of pyridine rings is 2. The number of aromatic nitrogens is 2. The SMILES string of the molecule is COc1c(C(C)(C)C)cc(-c2ccc(CO)[nH]c2=O)c2ncc(N3CC[C@H](CNS(C)(=O)=O)C3)cc12. The van der Waals surface area contributed by atoms with Crippen LogP contribution < -0.4 is 19.9 Å². The zero-order valence-corrected chi connectivity index (χ0v) is 22.2. The van der Waals surface area contributed by atoms with Crippen LogP contribution in [0, 0.1) is 5.92 Å². The molecule has 1 aliphatic rings. The van der Waals surface area contributed by atoms with Crippen LogP contribution >= 0.6 is 0 Å². The molecule has 3 heterocycles. The molecule has 3 N–H and O–H groups in total. The number of rotatable bonds is 7. The van der Waals surface area contributed by atoms with Crippen molar-refractivity contribution >= 4 is 26.6 Å². The van der Waals surface area contributed by atoms with E-state index in [1.807, 2.05) is 12.1 Å². The van der Waals surface area contributed by atoms with Crippen LogP contribution in [0.3, 0.4) is 0 Å². The first kappa shape index (κ1) is 26.1. The predicted molar refractivity (Wildman–Crippen MR) is 142 cm³/mol. The molecule has 1 aromatic carbocycles. The van der Waals surface area contributed by atoms with Crippen molar-refractivity contribution in [2.24, 2.45) is 5.92 Å². The summed E-state index contributed by atoms with van der Waals surface area (Å²) in [5.41, 5.74) is 3.58. The minimum absolute atomic E-state index is 0.206. The minimum atomic E-state index is -3.23. The normalized spacial score (nSPS) is 16.6. The Morgan fingerprint density at radius 1 is 1.25 bits per heavy atom. The van der Waals surface area contributed by atoms with Gasteiger partial charge < -0.3 is 19.7 Å². The number of hydrogen-bond acceptors (Lipinski definition) is 7. The van der Waals surface area contributed by atoms with Crippen LogP contribution in [0.5, 0.6) is 5.75 Å². The highest BCUT2D eigenvalue weighted by Gasteiger charge is 2.27. The van der Waals surface area contributed by atoms with Gasteiger partial charge in [-0.05, 0) is 42.0 Å². The number of nitrogens with zero attached hydrogens (tertiary/aromatic N) is 2. The molecular weight excluding hydrogens is 480 g/mol. The third kappa shape index (κ3) is 5.40. The second kappa shape index (κ2) is 9.84. The van der Waals surface area contributed by atoms with Crippen LogP contribution in [0.15, 0.2) is 35.3 Å². The number of aliphatic hydroxyl groups is 1. The van der Waals surface area contributed by atoms with E-state index < -0.39 is 10.0 Å². The topological polar surface area (TPSA) is 125 Å². The van der Waals surface area contributed by atoms with Gasteiger partial charge >= 0.3 is 0 Å². The zero-order valence-electron chi connectivity index (χ0n) is 21.4. The Balaban J connectivity index is 1.83. The van der Waals surface area contributed by atoms with E-state index in [0.717, 1.165) is 29.6 Å². The highest BCUT2D eigenvalue weighted by atomic mass is 32.2. The van der Waals surface area contributed by atoms with Crippen molar-refractivity contribution in [1.82, 2.24) is 14.7 Å². The summed E-state index contributed by atoms with van der Waals surface area (Å²) in [6.45, 7) is 7.95. The van der Waals surface area contributed by atoms with Gasteiger partial charge in [0.15, 0.2) is 0 Å². The van der Waals surface area contributed by atoms with E-state index >= 15 is 0 Å². The Kier molecular flexibility index (Phi) is 7.14. The maximum absolute atomic E-state index is 12.9. The molecule has 2 aromatic heterocycles. The Bertz CT molecular complexity index is 1440. The molecule has 1 aliphatic heterocycles. The first-order chi connectivity index (χ1) is 16.9. The van der Waals surface area contributed by atoms with Gasteiger partial charge in [0.2, 0.25) is 10.0 Å². The van der Waals surface area contributed by atoms with E-state index in [-0.39, 0.29) is 23.5 Å². The number of hydrogen-bond donors (Lipinski definition) is 3. The molecule has 1 saturated heterocycles. The van der Waals surface area contributed by atoms with Crippen molar-refractivity contribution in [3.8, 4) is 16.9 Å². The van der Waals surface area contributed by atoms with Crippen molar-refractivity contribution < 1.29 is 18.3 Å². The average molecular weight is 515 g/mol. The Morgan fingerprint density at radius 3 is 2.61 bits per heavy atom. The molecule has 3 aromatic rings. The van der Waals surface area contributed by atoms with Gasteiger partial charge in [-0.2, -0.15) is 0 Å². The first-order valence-corrected chi connectivity index (χ1v) is 13.8. The fourth-order valence-corrected chi connectivity index (χ4v) is 5.28. The molecule has 36 heavy (non-hydrogen) atoms. The third-order valence-electron chi connectivity index (χ3n) is 6.63. The summed E-state index contributed by atoms with van der Waals surface area (Å²) in [5, 5.41) is 10.2. The van der Waals surface area contributed by atoms with Gasteiger partial charge in [-0.1, -0.05) is 20.8 Å². The fraction of sp³-hybridized carbons (Fsp3) is 0.462. The lowest BCUT2D eigenvalue weighted by Gasteiger charge is -2.26. The van der Waals surface area contributed by atoms with Crippen LogP contribution in [0.25, 0.3) is 22.0 Å². The maximum atomic E-state index is 12.9. The van der Waals surface area contributed by atoms with E-state index in [1.54, 1.807) is 25.4 Å². The number of aliphatic hydroxyl groups excluding tert-OH is 1. The second-order valence-electron chi connectivity index (χ2n) is 10.5. The number of H-pyrrole nitrogens is 1. The number of aromatic amines is 1. The largest absolute Gasteiger partial charge is 0.496 e.